The highest BCUT2D eigenvalue weighted by Gasteiger charge is 2.05. The molecule has 26 heavy (non-hydrogen) atoms. The minimum Gasteiger partial charge on any atom is -0.491 e. The monoisotopic (exact) mass is 479 g/mol. The van der Waals surface area contributed by atoms with Gasteiger partial charge in [-0.05, 0) is 38.8 Å². The molecule has 0 radical (unpaired) electrons. The van der Waals surface area contributed by atoms with E-state index in [2.05, 4.69) is 47.7 Å². The van der Waals surface area contributed by atoms with Gasteiger partial charge in [-0.15, -0.1) is 24.0 Å². The molecule has 0 atom stereocenters. The number of aliphatic imine (C=N–C) groups is 1. The second kappa shape index (κ2) is 16.1. The van der Waals surface area contributed by atoms with Crippen molar-refractivity contribution in [1.82, 2.24) is 10.6 Å². The molecule has 0 fully saturated rings. The van der Waals surface area contributed by atoms with Crippen LogP contribution in [-0.4, -0.2) is 52.6 Å². The van der Waals surface area contributed by atoms with Crippen molar-refractivity contribution in [1.29, 1.82) is 0 Å². The number of nitrogens with zero attached hydrogens (tertiary/aromatic N) is 1. The summed E-state index contributed by atoms with van der Waals surface area (Å²) in [4.78, 5) is 4.66. The van der Waals surface area contributed by atoms with Gasteiger partial charge in [0.15, 0.2) is 5.96 Å². The van der Waals surface area contributed by atoms with E-state index in [9.17, 15) is 0 Å². The Bertz CT molecular complexity index is 513. The van der Waals surface area contributed by atoms with E-state index in [1.165, 1.54) is 5.56 Å². The molecule has 1 aromatic rings. The van der Waals surface area contributed by atoms with E-state index in [0.717, 1.165) is 43.4 Å². The molecule has 0 aliphatic heterocycles. The van der Waals surface area contributed by atoms with E-state index >= 15 is 0 Å². The van der Waals surface area contributed by atoms with Crippen molar-refractivity contribution in [3.8, 4) is 5.75 Å². The van der Waals surface area contributed by atoms with Gasteiger partial charge in [0.2, 0.25) is 0 Å². The normalized spacial score (nSPS) is 11.0. The lowest BCUT2D eigenvalue weighted by Gasteiger charge is -2.13. The average molecular weight is 479 g/mol. The van der Waals surface area contributed by atoms with E-state index in [0.29, 0.717) is 26.4 Å². The Hall–Kier alpha value is -1.06. The van der Waals surface area contributed by atoms with Gasteiger partial charge >= 0.3 is 0 Å². The lowest BCUT2D eigenvalue weighted by molar-refractivity contribution is 0.110. The van der Waals surface area contributed by atoms with Gasteiger partial charge in [-0.2, -0.15) is 0 Å². The van der Waals surface area contributed by atoms with E-state index < -0.39 is 0 Å². The number of guanidine groups is 1. The number of nitrogens with one attached hydrogen (secondary N) is 2. The van der Waals surface area contributed by atoms with Crippen LogP contribution in [0.2, 0.25) is 0 Å². The maximum absolute atomic E-state index is 5.87. The number of hydrogen-bond acceptors (Lipinski definition) is 4. The van der Waals surface area contributed by atoms with E-state index in [1.807, 2.05) is 6.92 Å². The fourth-order valence-electron chi connectivity index (χ4n) is 2.21. The van der Waals surface area contributed by atoms with Crippen LogP contribution in [0, 0.1) is 6.92 Å². The first kappa shape index (κ1) is 24.9. The van der Waals surface area contributed by atoms with Crippen molar-refractivity contribution in [2.24, 2.45) is 4.99 Å². The zero-order chi connectivity index (χ0) is 18.3. The summed E-state index contributed by atoms with van der Waals surface area (Å²) in [6.45, 7) is 10.9. The summed E-state index contributed by atoms with van der Waals surface area (Å²) in [5.74, 6) is 1.68. The number of halogens is 1. The number of aryl methyl sites for hydroxylation is 1. The number of rotatable bonds is 12. The minimum absolute atomic E-state index is 0. The van der Waals surface area contributed by atoms with Gasteiger partial charge in [0.1, 0.15) is 12.4 Å². The van der Waals surface area contributed by atoms with Gasteiger partial charge in [0, 0.05) is 39.0 Å². The molecule has 0 aliphatic carbocycles. The van der Waals surface area contributed by atoms with Crippen molar-refractivity contribution in [3.05, 3.63) is 29.3 Å². The van der Waals surface area contributed by atoms with E-state index in [1.54, 1.807) is 7.11 Å². The Morgan fingerprint density at radius 3 is 2.62 bits per heavy atom. The van der Waals surface area contributed by atoms with Crippen LogP contribution in [0.25, 0.3) is 0 Å². The van der Waals surface area contributed by atoms with Crippen LogP contribution in [0.4, 0.5) is 0 Å². The predicted octanol–water partition coefficient (Wildman–Crippen LogP) is 3.12. The molecule has 6 nitrogen and oxygen atoms in total. The molecule has 0 aliphatic rings. The number of methoxy groups -OCH3 is 1. The lowest BCUT2D eigenvalue weighted by Crippen LogP contribution is -2.38. The molecule has 0 amide bonds. The molecule has 0 spiro atoms. The molecule has 7 heteroatoms. The van der Waals surface area contributed by atoms with Gasteiger partial charge in [-0.25, -0.2) is 4.99 Å². The van der Waals surface area contributed by atoms with Crippen molar-refractivity contribution in [3.63, 3.8) is 0 Å². The van der Waals surface area contributed by atoms with Crippen LogP contribution in [0.15, 0.2) is 23.2 Å². The van der Waals surface area contributed by atoms with Gasteiger partial charge in [0.25, 0.3) is 0 Å². The summed E-state index contributed by atoms with van der Waals surface area (Å²) in [6, 6.07) is 6.21. The predicted molar refractivity (Wildman–Crippen MR) is 118 cm³/mol. The van der Waals surface area contributed by atoms with Gasteiger partial charge in [0.05, 0.1) is 13.2 Å². The first-order chi connectivity index (χ1) is 12.2. The molecule has 0 heterocycles. The fourth-order valence-corrected chi connectivity index (χ4v) is 2.21. The maximum atomic E-state index is 5.87. The maximum Gasteiger partial charge on any atom is 0.191 e. The second-order valence-electron chi connectivity index (χ2n) is 5.62. The number of ether oxygens (including phenoxy) is 3. The quantitative estimate of drug-likeness (QED) is 0.209. The van der Waals surface area contributed by atoms with Crippen LogP contribution in [0.5, 0.6) is 5.75 Å². The Morgan fingerprint density at radius 1 is 1.12 bits per heavy atom. The molecule has 0 saturated heterocycles. The van der Waals surface area contributed by atoms with Crippen LogP contribution >= 0.6 is 24.0 Å². The van der Waals surface area contributed by atoms with Crippen molar-refractivity contribution in [2.45, 2.75) is 33.7 Å². The molecule has 1 rings (SSSR count). The summed E-state index contributed by atoms with van der Waals surface area (Å²) in [7, 11) is 1.71. The third-order valence-corrected chi connectivity index (χ3v) is 3.48. The van der Waals surface area contributed by atoms with E-state index in [-0.39, 0.29) is 24.0 Å². The second-order valence-corrected chi connectivity index (χ2v) is 5.62. The SMILES string of the molecule is CCNC(=NCc1ccc(C)cc1OCCOCC)NCCCOC.I. The van der Waals surface area contributed by atoms with Gasteiger partial charge < -0.3 is 24.8 Å². The summed E-state index contributed by atoms with van der Waals surface area (Å²) < 4.78 is 16.3. The Morgan fingerprint density at radius 2 is 1.92 bits per heavy atom. The Balaban J connectivity index is 0.00000625. The zero-order valence-corrected chi connectivity index (χ0v) is 18.8. The molecule has 0 aromatic heterocycles. The summed E-state index contributed by atoms with van der Waals surface area (Å²) in [5, 5.41) is 6.57. The number of benzene rings is 1. The highest BCUT2D eigenvalue weighted by molar-refractivity contribution is 14.0. The Labute approximate surface area is 175 Å². The van der Waals surface area contributed by atoms with Crippen molar-refractivity contribution >= 4 is 29.9 Å². The molecule has 0 unspecified atom stereocenters. The minimum atomic E-state index is 0. The van der Waals surface area contributed by atoms with E-state index in [4.69, 9.17) is 14.2 Å². The molecule has 0 bridgehead atoms. The topological polar surface area (TPSA) is 64.1 Å². The van der Waals surface area contributed by atoms with Crippen LogP contribution < -0.4 is 15.4 Å². The molecule has 1 aromatic carbocycles. The fraction of sp³-hybridized carbons (Fsp3) is 0.632. The van der Waals surface area contributed by atoms with Crippen LogP contribution in [-0.2, 0) is 16.0 Å². The summed E-state index contributed by atoms with van der Waals surface area (Å²) >= 11 is 0. The smallest absolute Gasteiger partial charge is 0.191 e. The van der Waals surface area contributed by atoms with Gasteiger partial charge in [-0.3, -0.25) is 0 Å². The molecule has 150 valence electrons. The molecule has 0 saturated carbocycles. The highest BCUT2D eigenvalue weighted by atomic mass is 127. The summed E-state index contributed by atoms with van der Waals surface area (Å²) in [6.07, 6.45) is 0.942. The third-order valence-electron chi connectivity index (χ3n) is 3.48. The van der Waals surface area contributed by atoms with Crippen LogP contribution in [0.3, 0.4) is 0 Å². The zero-order valence-electron chi connectivity index (χ0n) is 16.5. The molecule has 2 N–H and O–H groups in total. The summed E-state index contributed by atoms with van der Waals surface area (Å²) in [5.41, 5.74) is 2.24. The average Bonchev–Trinajstić information content (AvgIpc) is 2.61. The van der Waals surface area contributed by atoms with Gasteiger partial charge in [-0.1, -0.05) is 12.1 Å². The van der Waals surface area contributed by atoms with Crippen molar-refractivity contribution in [2.75, 3.05) is 46.6 Å². The number of hydrogen-bond donors (Lipinski definition) is 2. The Kier molecular flexibility index (Phi) is 15.5. The molecular weight excluding hydrogens is 445 g/mol. The largest absolute Gasteiger partial charge is 0.491 e. The lowest BCUT2D eigenvalue weighted by atomic mass is 10.1. The molecular formula is C19H34IN3O3. The first-order valence-corrected chi connectivity index (χ1v) is 9.02. The first-order valence-electron chi connectivity index (χ1n) is 9.02. The van der Waals surface area contributed by atoms with Crippen LogP contribution in [0.1, 0.15) is 31.4 Å². The standard InChI is InChI=1S/C19H33N3O3.HI/c1-5-20-19(21-10-7-11-23-4)22-15-17-9-8-16(3)14-18(17)25-13-12-24-6-2;/h8-9,14H,5-7,10-13,15H2,1-4H3,(H2,20,21,22);1H. The highest BCUT2D eigenvalue weighted by Crippen LogP contribution is 2.21. The third kappa shape index (κ3) is 10.8. The van der Waals surface area contributed by atoms with Crippen molar-refractivity contribution < 1.29 is 14.2 Å².